The maximum absolute atomic E-state index is 13.2. The van der Waals surface area contributed by atoms with Crippen LogP contribution in [0.1, 0.15) is 45.7 Å². The quantitative estimate of drug-likeness (QED) is 0.736. The molecule has 0 N–H and O–H groups in total. The monoisotopic (exact) mass is 293 g/mol. The average Bonchev–Trinajstić information content (AvgIpc) is 2.38. The van der Waals surface area contributed by atoms with Gasteiger partial charge in [0.25, 0.3) is 7.52 Å². The molecule has 2 atom stereocenters. The van der Waals surface area contributed by atoms with Crippen LogP contribution >= 0.6 is 7.52 Å². The van der Waals surface area contributed by atoms with E-state index in [0.717, 1.165) is 13.0 Å². The molecule has 1 saturated heterocycles. The highest BCUT2D eigenvalue weighted by molar-refractivity contribution is 7.59. The molecule has 0 bridgehead atoms. The number of allylic oxidation sites excluding steroid dienone is 1. The summed E-state index contributed by atoms with van der Waals surface area (Å²) in [7, 11) is -2.91. The van der Waals surface area contributed by atoms with E-state index in [1.807, 2.05) is 49.7 Å². The second-order valence-electron chi connectivity index (χ2n) is 5.90. The van der Waals surface area contributed by atoms with Gasteiger partial charge in [-0.2, -0.15) is 0 Å². The molecule has 1 fully saturated rings. The fraction of sp³-hybridized carbons (Fsp3) is 0.500. The highest BCUT2D eigenvalue weighted by Gasteiger charge is 2.43. The first-order valence-electron chi connectivity index (χ1n) is 7.14. The Bertz CT molecular complexity index is 525. The largest absolute Gasteiger partial charge is 0.308 e. The van der Waals surface area contributed by atoms with Crippen molar-refractivity contribution in [2.24, 2.45) is 0 Å². The summed E-state index contributed by atoms with van der Waals surface area (Å²) in [6.07, 6.45) is 2.71. The van der Waals surface area contributed by atoms with E-state index in [9.17, 15) is 4.57 Å². The molecule has 0 spiro atoms. The van der Waals surface area contributed by atoms with E-state index in [0.29, 0.717) is 0 Å². The van der Waals surface area contributed by atoms with Crippen molar-refractivity contribution in [1.82, 2.24) is 4.67 Å². The zero-order valence-corrected chi connectivity index (χ0v) is 13.6. The minimum atomic E-state index is -2.91. The van der Waals surface area contributed by atoms with E-state index in [1.54, 1.807) is 5.82 Å². The lowest BCUT2D eigenvalue weighted by molar-refractivity contribution is 0.0477. The second kappa shape index (κ2) is 5.85. The molecule has 0 radical (unpaired) electrons. The Kier molecular flexibility index (Phi) is 4.53. The molecule has 1 heterocycles. The van der Waals surface area contributed by atoms with Crippen LogP contribution in [0.3, 0.4) is 0 Å². The Balaban J connectivity index is 2.32. The van der Waals surface area contributed by atoms with Crippen LogP contribution < -0.4 is 0 Å². The molecule has 0 aromatic heterocycles. The van der Waals surface area contributed by atoms with E-state index in [4.69, 9.17) is 4.52 Å². The molecule has 0 aliphatic carbocycles. The summed E-state index contributed by atoms with van der Waals surface area (Å²) in [4.78, 5) is 0. The number of hydrogen-bond acceptors (Lipinski definition) is 2. The van der Waals surface area contributed by atoms with Gasteiger partial charge in [0.15, 0.2) is 0 Å². The van der Waals surface area contributed by atoms with Gasteiger partial charge < -0.3 is 4.52 Å². The number of rotatable bonds is 3. The molecule has 1 aromatic carbocycles. The van der Waals surface area contributed by atoms with Gasteiger partial charge in [0, 0.05) is 18.4 Å². The smallest absolute Gasteiger partial charge is 0.295 e. The molecule has 1 aliphatic heterocycles. The summed E-state index contributed by atoms with van der Waals surface area (Å²) in [5.74, 6) is 1.73. The topological polar surface area (TPSA) is 29.5 Å². The molecule has 4 heteroatoms. The second-order valence-corrected chi connectivity index (χ2v) is 8.02. The Morgan fingerprint density at radius 3 is 2.60 bits per heavy atom. The van der Waals surface area contributed by atoms with Crippen molar-refractivity contribution in [1.29, 1.82) is 0 Å². The van der Waals surface area contributed by atoms with E-state index < -0.39 is 7.52 Å². The summed E-state index contributed by atoms with van der Waals surface area (Å²) in [5.41, 5.74) is 0.836. The normalized spacial score (nSPS) is 28.6. The molecule has 3 nitrogen and oxygen atoms in total. The maximum atomic E-state index is 13.2. The molecule has 1 aliphatic rings. The van der Waals surface area contributed by atoms with E-state index >= 15 is 0 Å². The molecule has 1 aromatic rings. The van der Waals surface area contributed by atoms with Crippen LogP contribution in [0.2, 0.25) is 0 Å². The van der Waals surface area contributed by atoms with Gasteiger partial charge in [0.1, 0.15) is 0 Å². The van der Waals surface area contributed by atoms with Crippen LogP contribution in [0.25, 0.3) is 0 Å². The van der Waals surface area contributed by atoms with Gasteiger partial charge in [-0.3, -0.25) is 4.57 Å². The highest BCUT2D eigenvalue weighted by Crippen LogP contribution is 2.61. The van der Waals surface area contributed by atoms with Crippen molar-refractivity contribution in [2.75, 3.05) is 6.54 Å². The van der Waals surface area contributed by atoms with Gasteiger partial charge >= 0.3 is 0 Å². The molecule has 20 heavy (non-hydrogen) atoms. The van der Waals surface area contributed by atoms with Crippen LogP contribution in [0.4, 0.5) is 0 Å². The minimum absolute atomic E-state index is 0.0781. The first-order valence-corrected chi connectivity index (χ1v) is 8.79. The Morgan fingerprint density at radius 2 is 2.00 bits per heavy atom. The Labute approximate surface area is 122 Å². The molecule has 0 unspecified atom stereocenters. The summed E-state index contributed by atoms with van der Waals surface area (Å²) >= 11 is 0. The summed E-state index contributed by atoms with van der Waals surface area (Å²) in [6.45, 7) is 8.77. The van der Waals surface area contributed by atoms with Gasteiger partial charge in [0.05, 0.1) is 5.60 Å². The molecular formula is C16H24NO2P. The third-order valence-corrected chi connectivity index (χ3v) is 6.44. The highest BCUT2D eigenvalue weighted by atomic mass is 31.2. The van der Waals surface area contributed by atoms with E-state index in [1.165, 1.54) is 5.56 Å². The molecule has 0 saturated carbocycles. The zero-order valence-electron chi connectivity index (χ0n) is 12.7. The van der Waals surface area contributed by atoms with Crippen LogP contribution in [-0.4, -0.2) is 16.8 Å². The van der Waals surface area contributed by atoms with Crippen molar-refractivity contribution in [3.63, 3.8) is 0 Å². The van der Waals surface area contributed by atoms with Crippen molar-refractivity contribution in [3.8, 4) is 0 Å². The standard InChI is InChI=1S/C16H24NO2P/c1-5-13-20(18)17(12-11-16(3,4)19-20)14(2)15-9-7-6-8-10-15/h5-10,13-14H,11-12H2,1-4H3/b13-5+/t14-,20-/m0/s1. The summed E-state index contributed by atoms with van der Waals surface area (Å²) in [6, 6.07) is 10.3. The number of nitrogens with zero attached hydrogens (tertiary/aromatic N) is 1. The average molecular weight is 293 g/mol. The van der Waals surface area contributed by atoms with Crippen LogP contribution in [-0.2, 0) is 9.09 Å². The van der Waals surface area contributed by atoms with Gasteiger partial charge in [0.2, 0.25) is 0 Å². The van der Waals surface area contributed by atoms with E-state index in [-0.39, 0.29) is 11.6 Å². The molecule has 110 valence electrons. The van der Waals surface area contributed by atoms with E-state index in [2.05, 4.69) is 19.1 Å². The molecule has 2 rings (SSSR count). The SMILES string of the molecule is C/C=C/[P@]1(=O)OC(C)(C)CCN1[C@@H](C)c1ccccc1. The minimum Gasteiger partial charge on any atom is -0.308 e. The van der Waals surface area contributed by atoms with Crippen molar-refractivity contribution >= 4 is 7.52 Å². The predicted octanol–water partition coefficient (Wildman–Crippen LogP) is 4.98. The third kappa shape index (κ3) is 3.22. The lowest BCUT2D eigenvalue weighted by atomic mass is 10.0. The number of hydrogen-bond donors (Lipinski definition) is 0. The van der Waals surface area contributed by atoms with Crippen molar-refractivity contribution in [2.45, 2.75) is 45.8 Å². The Hall–Kier alpha value is -0.890. The van der Waals surface area contributed by atoms with Crippen molar-refractivity contribution in [3.05, 3.63) is 47.8 Å². The number of benzene rings is 1. The first kappa shape index (κ1) is 15.5. The molecular weight excluding hydrogens is 269 g/mol. The van der Waals surface area contributed by atoms with Crippen molar-refractivity contribution < 1.29 is 9.09 Å². The maximum Gasteiger partial charge on any atom is 0.295 e. The lowest BCUT2D eigenvalue weighted by Crippen LogP contribution is -2.39. The van der Waals surface area contributed by atoms with Gasteiger partial charge in [-0.15, -0.1) is 0 Å². The summed E-state index contributed by atoms with van der Waals surface area (Å²) < 4.78 is 21.2. The van der Waals surface area contributed by atoms with Crippen LogP contribution in [0.15, 0.2) is 42.2 Å². The predicted molar refractivity (Wildman–Crippen MR) is 83.8 cm³/mol. The fourth-order valence-electron chi connectivity index (χ4n) is 2.62. The summed E-state index contributed by atoms with van der Waals surface area (Å²) in [5, 5.41) is 0. The first-order chi connectivity index (χ1) is 9.38. The van der Waals surface area contributed by atoms with Gasteiger partial charge in [-0.1, -0.05) is 36.4 Å². The lowest BCUT2D eigenvalue weighted by Gasteiger charge is -2.44. The van der Waals surface area contributed by atoms with Crippen LogP contribution in [0.5, 0.6) is 0 Å². The molecule has 0 amide bonds. The Morgan fingerprint density at radius 1 is 1.35 bits per heavy atom. The van der Waals surface area contributed by atoms with Gasteiger partial charge in [-0.05, 0) is 39.7 Å². The fourth-order valence-corrected chi connectivity index (χ4v) is 5.13. The zero-order chi connectivity index (χ0) is 14.8. The van der Waals surface area contributed by atoms with Gasteiger partial charge in [-0.25, -0.2) is 4.67 Å². The third-order valence-electron chi connectivity index (χ3n) is 3.75. The van der Waals surface area contributed by atoms with Crippen LogP contribution in [0, 0.1) is 0 Å².